The second kappa shape index (κ2) is 8.27. The third-order valence-corrected chi connectivity index (χ3v) is 5.01. The number of nitrogens with one attached hydrogen (secondary N) is 3. The molecule has 8 nitrogen and oxygen atoms in total. The number of aromatic nitrogens is 2. The van der Waals surface area contributed by atoms with Gasteiger partial charge in [0, 0.05) is 18.0 Å². The molecule has 1 aromatic carbocycles. The zero-order valence-electron chi connectivity index (χ0n) is 15.9. The third-order valence-electron chi connectivity index (χ3n) is 5.01. The Morgan fingerprint density at radius 1 is 1.14 bits per heavy atom. The maximum atomic E-state index is 12.0. The molecule has 4 rings (SSSR count). The summed E-state index contributed by atoms with van der Waals surface area (Å²) >= 11 is 0. The zero-order valence-corrected chi connectivity index (χ0v) is 15.9. The molecule has 8 heteroatoms. The van der Waals surface area contributed by atoms with Crippen LogP contribution in [0.5, 0.6) is 0 Å². The molecule has 29 heavy (non-hydrogen) atoms. The highest BCUT2D eigenvalue weighted by atomic mass is 16.2. The van der Waals surface area contributed by atoms with E-state index in [9.17, 15) is 14.9 Å². The lowest BCUT2D eigenvalue weighted by Gasteiger charge is -2.11. The predicted octanol–water partition coefficient (Wildman–Crippen LogP) is 2.30. The molecule has 2 saturated carbocycles. The first-order chi connectivity index (χ1) is 14.1. The van der Waals surface area contributed by atoms with Crippen LogP contribution in [0, 0.1) is 23.2 Å². The van der Waals surface area contributed by atoms with Gasteiger partial charge < -0.3 is 16.0 Å². The summed E-state index contributed by atoms with van der Waals surface area (Å²) in [4.78, 5) is 32.4. The average Bonchev–Trinajstić information content (AvgIpc) is 3.64. The SMILES string of the molecule is N#Cc1ccc(-c2cnc(NC(=O)C3CC3)cn2)cc1NCC(=O)NCC1CC1. The van der Waals surface area contributed by atoms with Crippen molar-refractivity contribution in [3.8, 4) is 17.3 Å². The average molecular weight is 390 g/mol. The topological polar surface area (TPSA) is 120 Å². The van der Waals surface area contributed by atoms with Crippen molar-refractivity contribution in [1.29, 1.82) is 5.26 Å². The lowest BCUT2D eigenvalue weighted by Crippen LogP contribution is -2.31. The highest BCUT2D eigenvalue weighted by Gasteiger charge is 2.29. The van der Waals surface area contributed by atoms with Crippen LogP contribution in [0.4, 0.5) is 11.5 Å². The van der Waals surface area contributed by atoms with E-state index in [1.165, 1.54) is 19.0 Å². The molecule has 1 aromatic heterocycles. The summed E-state index contributed by atoms with van der Waals surface area (Å²) in [6.45, 7) is 0.813. The Labute approximate surface area is 168 Å². The van der Waals surface area contributed by atoms with Crippen LogP contribution >= 0.6 is 0 Å². The summed E-state index contributed by atoms with van der Waals surface area (Å²) in [5, 5.41) is 18.0. The highest BCUT2D eigenvalue weighted by molar-refractivity contribution is 5.93. The van der Waals surface area contributed by atoms with E-state index in [-0.39, 0.29) is 24.3 Å². The predicted molar refractivity (Wildman–Crippen MR) is 108 cm³/mol. The van der Waals surface area contributed by atoms with Crippen LogP contribution in [0.15, 0.2) is 30.6 Å². The molecule has 2 aromatic rings. The molecule has 0 radical (unpaired) electrons. The number of nitrogens with zero attached hydrogens (tertiary/aromatic N) is 3. The number of nitriles is 1. The first kappa shape index (κ1) is 18.9. The number of hydrogen-bond donors (Lipinski definition) is 3. The van der Waals surface area contributed by atoms with Gasteiger partial charge in [0.05, 0.1) is 35.9 Å². The fraction of sp³-hybridized carbons (Fsp3) is 0.381. The minimum absolute atomic E-state index is 0.0168. The summed E-state index contributed by atoms with van der Waals surface area (Å²) in [6.07, 6.45) is 7.31. The molecule has 0 aliphatic heterocycles. The Morgan fingerprint density at radius 2 is 1.97 bits per heavy atom. The van der Waals surface area contributed by atoms with Gasteiger partial charge in [0.2, 0.25) is 11.8 Å². The normalized spacial score (nSPS) is 15.3. The molecule has 2 aliphatic carbocycles. The van der Waals surface area contributed by atoms with Gasteiger partial charge in [0.15, 0.2) is 5.82 Å². The fourth-order valence-electron chi connectivity index (χ4n) is 2.88. The second-order valence-corrected chi connectivity index (χ2v) is 7.52. The monoisotopic (exact) mass is 390 g/mol. The molecule has 0 unspecified atom stereocenters. The third kappa shape index (κ3) is 5.08. The van der Waals surface area contributed by atoms with Gasteiger partial charge in [0.25, 0.3) is 0 Å². The molecule has 0 spiro atoms. The Morgan fingerprint density at radius 3 is 2.62 bits per heavy atom. The van der Waals surface area contributed by atoms with Gasteiger partial charge in [0.1, 0.15) is 6.07 Å². The van der Waals surface area contributed by atoms with Crippen LogP contribution in [-0.4, -0.2) is 34.9 Å². The summed E-state index contributed by atoms with van der Waals surface area (Å²) in [5.41, 5.74) is 2.39. The molecule has 2 aliphatic rings. The number of anilines is 2. The van der Waals surface area contributed by atoms with Crippen LogP contribution in [0.3, 0.4) is 0 Å². The lowest BCUT2D eigenvalue weighted by molar-refractivity contribution is -0.119. The van der Waals surface area contributed by atoms with E-state index in [1.54, 1.807) is 24.4 Å². The van der Waals surface area contributed by atoms with Crippen molar-refractivity contribution >= 4 is 23.3 Å². The molecule has 2 amide bonds. The fourth-order valence-corrected chi connectivity index (χ4v) is 2.88. The smallest absolute Gasteiger partial charge is 0.239 e. The largest absolute Gasteiger partial charge is 0.375 e. The summed E-state index contributed by atoms with van der Waals surface area (Å²) < 4.78 is 0. The van der Waals surface area contributed by atoms with Gasteiger partial charge in [-0.1, -0.05) is 6.07 Å². The number of amides is 2. The van der Waals surface area contributed by atoms with E-state index < -0.39 is 0 Å². The first-order valence-electron chi connectivity index (χ1n) is 9.80. The van der Waals surface area contributed by atoms with Gasteiger partial charge in [-0.05, 0) is 43.7 Å². The number of carbonyl (C=O) groups excluding carboxylic acids is 2. The molecular formula is C21H22N6O2. The van der Waals surface area contributed by atoms with Crippen LogP contribution in [0.1, 0.15) is 31.2 Å². The Hall–Kier alpha value is -3.47. The van der Waals surface area contributed by atoms with Gasteiger partial charge in [-0.25, -0.2) is 4.98 Å². The van der Waals surface area contributed by atoms with Crippen molar-refractivity contribution < 1.29 is 9.59 Å². The van der Waals surface area contributed by atoms with E-state index in [1.807, 2.05) is 0 Å². The number of benzene rings is 1. The minimum Gasteiger partial charge on any atom is -0.375 e. The summed E-state index contributed by atoms with van der Waals surface area (Å²) in [5.74, 6) is 1.03. The van der Waals surface area contributed by atoms with E-state index >= 15 is 0 Å². The van der Waals surface area contributed by atoms with Crippen molar-refractivity contribution in [1.82, 2.24) is 15.3 Å². The highest BCUT2D eigenvalue weighted by Crippen LogP contribution is 2.30. The minimum atomic E-state index is -0.0956. The number of hydrogen-bond acceptors (Lipinski definition) is 6. The summed E-state index contributed by atoms with van der Waals surface area (Å²) in [7, 11) is 0. The van der Waals surface area contributed by atoms with E-state index in [0.29, 0.717) is 35.2 Å². The van der Waals surface area contributed by atoms with Gasteiger partial charge in [-0.15, -0.1) is 0 Å². The van der Waals surface area contributed by atoms with Crippen molar-refractivity contribution in [2.24, 2.45) is 11.8 Å². The second-order valence-electron chi connectivity index (χ2n) is 7.52. The molecule has 148 valence electrons. The molecular weight excluding hydrogens is 368 g/mol. The molecule has 0 saturated heterocycles. The Kier molecular flexibility index (Phi) is 5.38. The summed E-state index contributed by atoms with van der Waals surface area (Å²) in [6, 6.07) is 7.37. The maximum absolute atomic E-state index is 12.0. The number of carbonyl (C=O) groups is 2. The quantitative estimate of drug-likeness (QED) is 0.636. The Bertz CT molecular complexity index is 958. The molecule has 1 heterocycles. The maximum Gasteiger partial charge on any atom is 0.239 e. The zero-order chi connectivity index (χ0) is 20.2. The van der Waals surface area contributed by atoms with Crippen LogP contribution in [0.2, 0.25) is 0 Å². The van der Waals surface area contributed by atoms with Crippen molar-refractivity contribution in [3.63, 3.8) is 0 Å². The van der Waals surface area contributed by atoms with Crippen molar-refractivity contribution in [2.75, 3.05) is 23.7 Å². The Balaban J connectivity index is 1.41. The standard InChI is InChI=1S/C21H22N6O2/c22-8-16-6-5-15(7-17(16)24-12-20(28)26-9-13-1-2-13)18-10-25-19(11-23-18)27-21(29)14-3-4-14/h5-7,10-11,13-14,24H,1-4,9,12H2,(H,26,28)(H,25,27,29). The van der Waals surface area contributed by atoms with E-state index in [2.05, 4.69) is 32.0 Å². The van der Waals surface area contributed by atoms with Gasteiger partial charge in [-0.2, -0.15) is 5.26 Å². The number of rotatable bonds is 8. The van der Waals surface area contributed by atoms with Crippen molar-refractivity contribution in [3.05, 3.63) is 36.2 Å². The van der Waals surface area contributed by atoms with E-state index in [0.717, 1.165) is 18.4 Å². The molecule has 3 N–H and O–H groups in total. The van der Waals surface area contributed by atoms with Crippen LogP contribution < -0.4 is 16.0 Å². The lowest BCUT2D eigenvalue weighted by atomic mass is 10.1. The molecule has 2 fully saturated rings. The van der Waals surface area contributed by atoms with E-state index in [4.69, 9.17) is 0 Å². The van der Waals surface area contributed by atoms with Crippen LogP contribution in [-0.2, 0) is 9.59 Å². The van der Waals surface area contributed by atoms with Crippen LogP contribution in [0.25, 0.3) is 11.3 Å². The first-order valence-corrected chi connectivity index (χ1v) is 9.80. The van der Waals surface area contributed by atoms with Gasteiger partial charge >= 0.3 is 0 Å². The molecule has 0 bridgehead atoms. The van der Waals surface area contributed by atoms with Crippen molar-refractivity contribution in [2.45, 2.75) is 25.7 Å². The molecule has 0 atom stereocenters. The van der Waals surface area contributed by atoms with Gasteiger partial charge in [-0.3, -0.25) is 14.6 Å².